The number of aromatic nitrogens is 2. The Bertz CT molecular complexity index is 1200. The summed E-state index contributed by atoms with van der Waals surface area (Å²) >= 11 is 0. The smallest absolute Gasteiger partial charge is 0.209 e. The zero-order chi connectivity index (χ0) is 17.8. The van der Waals surface area contributed by atoms with Gasteiger partial charge in [-0.25, -0.2) is 4.98 Å². The van der Waals surface area contributed by atoms with Crippen LogP contribution in [0.3, 0.4) is 0 Å². The van der Waals surface area contributed by atoms with Gasteiger partial charge in [0, 0.05) is 5.70 Å². The Morgan fingerprint density at radius 1 is 0.852 bits per heavy atom. The second-order valence-electron chi connectivity index (χ2n) is 7.64. The second-order valence-corrected chi connectivity index (χ2v) is 7.64. The number of rotatable bonds is 1. The molecule has 0 fully saturated rings. The van der Waals surface area contributed by atoms with Gasteiger partial charge in [0.15, 0.2) is 0 Å². The van der Waals surface area contributed by atoms with Crippen LogP contribution in [0.1, 0.15) is 37.3 Å². The third-order valence-electron chi connectivity index (χ3n) is 6.03. The molecule has 1 aliphatic carbocycles. The highest BCUT2D eigenvalue weighted by molar-refractivity contribution is 5.96. The quantitative estimate of drug-likeness (QED) is 0.453. The standard InChI is InChI=1S/C24H21N3/c1-2-8-16(9-3-1)23-19-12-6-7-13-20(19)25-24-26-21-14-17-10-4-5-11-18(17)15-22(21)27(23)24/h1-5,8-11,14-15,23H,6-7,12-13H2,(H,25,26). The Kier molecular flexibility index (Phi) is 3.18. The molecule has 0 saturated heterocycles. The Labute approximate surface area is 158 Å². The summed E-state index contributed by atoms with van der Waals surface area (Å²) in [5.41, 5.74) is 6.55. The number of nitrogens with zero attached hydrogens (tertiary/aromatic N) is 2. The molecule has 1 atom stereocenters. The second kappa shape index (κ2) is 5.71. The van der Waals surface area contributed by atoms with Crippen LogP contribution in [0.2, 0.25) is 0 Å². The predicted molar refractivity (Wildman–Crippen MR) is 111 cm³/mol. The van der Waals surface area contributed by atoms with Crippen LogP contribution in [-0.4, -0.2) is 9.55 Å². The topological polar surface area (TPSA) is 29.9 Å². The summed E-state index contributed by atoms with van der Waals surface area (Å²) in [5.74, 6) is 0.981. The van der Waals surface area contributed by atoms with Gasteiger partial charge in [-0.15, -0.1) is 0 Å². The molecule has 27 heavy (non-hydrogen) atoms. The van der Waals surface area contributed by atoms with Gasteiger partial charge in [-0.1, -0.05) is 54.6 Å². The van der Waals surface area contributed by atoms with Crippen LogP contribution >= 0.6 is 0 Å². The fourth-order valence-electron chi connectivity index (χ4n) is 4.78. The van der Waals surface area contributed by atoms with Gasteiger partial charge in [-0.05, 0) is 59.7 Å². The molecule has 1 unspecified atom stereocenters. The highest BCUT2D eigenvalue weighted by atomic mass is 15.3. The first-order chi connectivity index (χ1) is 13.4. The number of benzene rings is 3. The van der Waals surface area contributed by atoms with Crippen molar-refractivity contribution < 1.29 is 0 Å². The summed E-state index contributed by atoms with van der Waals surface area (Å²) in [6, 6.07) is 24.2. The molecule has 3 nitrogen and oxygen atoms in total. The normalized spacial score (nSPS) is 19.0. The molecule has 1 N–H and O–H groups in total. The third kappa shape index (κ3) is 2.24. The van der Waals surface area contributed by atoms with E-state index >= 15 is 0 Å². The molecule has 1 aliphatic heterocycles. The van der Waals surface area contributed by atoms with Crippen LogP contribution in [0.15, 0.2) is 78.0 Å². The summed E-state index contributed by atoms with van der Waals surface area (Å²) in [6.07, 6.45) is 4.82. The van der Waals surface area contributed by atoms with Gasteiger partial charge in [0.2, 0.25) is 5.95 Å². The number of hydrogen-bond acceptors (Lipinski definition) is 2. The molecule has 1 aromatic heterocycles. The van der Waals surface area contributed by atoms with E-state index in [2.05, 4.69) is 76.6 Å². The van der Waals surface area contributed by atoms with Crippen molar-refractivity contribution >= 4 is 27.8 Å². The van der Waals surface area contributed by atoms with Crippen LogP contribution in [0.5, 0.6) is 0 Å². The van der Waals surface area contributed by atoms with Crippen molar-refractivity contribution in [3.8, 4) is 0 Å². The van der Waals surface area contributed by atoms with Crippen molar-refractivity contribution in [2.45, 2.75) is 31.7 Å². The monoisotopic (exact) mass is 351 g/mol. The molecule has 6 rings (SSSR count). The Morgan fingerprint density at radius 3 is 2.44 bits per heavy atom. The van der Waals surface area contributed by atoms with E-state index in [9.17, 15) is 0 Å². The van der Waals surface area contributed by atoms with Crippen molar-refractivity contribution in [1.82, 2.24) is 9.55 Å². The Hall–Kier alpha value is -3.07. The Balaban J connectivity index is 1.66. The first kappa shape index (κ1) is 15.0. The number of hydrogen-bond donors (Lipinski definition) is 1. The van der Waals surface area contributed by atoms with Gasteiger partial charge in [-0.3, -0.25) is 4.57 Å². The van der Waals surface area contributed by atoms with Crippen LogP contribution < -0.4 is 5.32 Å². The third-order valence-corrected chi connectivity index (χ3v) is 6.03. The van der Waals surface area contributed by atoms with Gasteiger partial charge in [0.05, 0.1) is 17.1 Å². The molecule has 2 aliphatic rings. The summed E-state index contributed by atoms with van der Waals surface area (Å²) < 4.78 is 2.42. The molecule has 0 radical (unpaired) electrons. The minimum atomic E-state index is 0.240. The summed E-state index contributed by atoms with van der Waals surface area (Å²) in [4.78, 5) is 4.99. The van der Waals surface area contributed by atoms with Gasteiger partial charge < -0.3 is 5.32 Å². The minimum absolute atomic E-state index is 0.240. The molecule has 3 heteroatoms. The molecule has 132 valence electrons. The highest BCUT2D eigenvalue weighted by Gasteiger charge is 2.32. The van der Waals surface area contributed by atoms with E-state index in [4.69, 9.17) is 4.98 Å². The van der Waals surface area contributed by atoms with Crippen LogP contribution in [0, 0.1) is 0 Å². The lowest BCUT2D eigenvalue weighted by Gasteiger charge is -2.34. The van der Waals surface area contributed by atoms with E-state index in [1.807, 2.05) is 0 Å². The highest BCUT2D eigenvalue weighted by Crippen LogP contribution is 2.44. The van der Waals surface area contributed by atoms with E-state index < -0.39 is 0 Å². The number of fused-ring (bicyclic) bond motifs is 4. The molecular formula is C24H21N3. The van der Waals surface area contributed by atoms with E-state index in [0.717, 1.165) is 24.3 Å². The SMILES string of the molecule is c1ccc(C2C3=C(CCCC3)Nc3nc4cc5ccccc5cc4n32)cc1. The van der Waals surface area contributed by atoms with Gasteiger partial charge in [0.25, 0.3) is 0 Å². The van der Waals surface area contributed by atoms with Crippen molar-refractivity contribution in [2.24, 2.45) is 0 Å². The molecule has 3 aromatic carbocycles. The first-order valence-electron chi connectivity index (χ1n) is 9.83. The van der Waals surface area contributed by atoms with Crippen molar-refractivity contribution in [3.05, 3.63) is 83.6 Å². The number of imidazole rings is 1. The largest absolute Gasteiger partial charge is 0.329 e. The average molecular weight is 351 g/mol. The summed E-state index contributed by atoms with van der Waals surface area (Å²) in [7, 11) is 0. The van der Waals surface area contributed by atoms with Crippen molar-refractivity contribution in [1.29, 1.82) is 0 Å². The number of anilines is 1. The molecule has 4 aromatic rings. The predicted octanol–water partition coefficient (Wildman–Crippen LogP) is 6.03. The number of nitrogens with one attached hydrogen (secondary N) is 1. The van der Waals surface area contributed by atoms with E-state index in [0.29, 0.717) is 0 Å². The van der Waals surface area contributed by atoms with E-state index in [-0.39, 0.29) is 6.04 Å². The maximum absolute atomic E-state index is 4.99. The van der Waals surface area contributed by atoms with Crippen molar-refractivity contribution in [2.75, 3.05) is 5.32 Å². The zero-order valence-corrected chi connectivity index (χ0v) is 15.2. The lowest BCUT2D eigenvalue weighted by Crippen LogP contribution is -2.26. The average Bonchev–Trinajstić information content (AvgIpc) is 3.07. The van der Waals surface area contributed by atoms with Crippen LogP contribution in [-0.2, 0) is 0 Å². The van der Waals surface area contributed by atoms with E-state index in [1.165, 1.54) is 46.0 Å². The molecule has 0 amide bonds. The van der Waals surface area contributed by atoms with Crippen LogP contribution in [0.4, 0.5) is 5.95 Å². The summed E-state index contributed by atoms with van der Waals surface area (Å²) in [6.45, 7) is 0. The van der Waals surface area contributed by atoms with Gasteiger partial charge in [-0.2, -0.15) is 0 Å². The first-order valence-corrected chi connectivity index (χ1v) is 9.83. The minimum Gasteiger partial charge on any atom is -0.329 e. The van der Waals surface area contributed by atoms with Gasteiger partial charge >= 0.3 is 0 Å². The van der Waals surface area contributed by atoms with E-state index in [1.54, 1.807) is 0 Å². The van der Waals surface area contributed by atoms with Gasteiger partial charge in [0.1, 0.15) is 0 Å². The fraction of sp³-hybridized carbons (Fsp3) is 0.208. The zero-order valence-electron chi connectivity index (χ0n) is 15.2. The lowest BCUT2D eigenvalue weighted by molar-refractivity contribution is 0.564. The maximum atomic E-state index is 4.99. The lowest BCUT2D eigenvalue weighted by atomic mass is 9.86. The fourth-order valence-corrected chi connectivity index (χ4v) is 4.78. The van der Waals surface area contributed by atoms with Crippen molar-refractivity contribution in [3.63, 3.8) is 0 Å². The number of allylic oxidation sites excluding steroid dienone is 2. The maximum Gasteiger partial charge on any atom is 0.209 e. The molecule has 0 bridgehead atoms. The molecular weight excluding hydrogens is 330 g/mol. The van der Waals surface area contributed by atoms with Crippen LogP contribution in [0.25, 0.3) is 21.8 Å². The molecule has 2 heterocycles. The summed E-state index contributed by atoms with van der Waals surface area (Å²) in [5, 5.41) is 6.19. The molecule has 0 saturated carbocycles. The molecule has 0 spiro atoms. The Morgan fingerprint density at radius 2 is 1.59 bits per heavy atom.